The van der Waals surface area contributed by atoms with E-state index >= 15 is 0 Å². The van der Waals surface area contributed by atoms with Gasteiger partial charge in [-0.1, -0.05) is 0 Å². The van der Waals surface area contributed by atoms with Crippen molar-refractivity contribution in [2.75, 3.05) is 48.5 Å². The summed E-state index contributed by atoms with van der Waals surface area (Å²) < 4.78 is 10.8. The van der Waals surface area contributed by atoms with Crippen molar-refractivity contribution >= 4 is 35.7 Å². The number of ether oxygens (including phenoxy) is 2. The molecule has 2 aromatic carbocycles. The molecule has 2 fully saturated rings. The quantitative estimate of drug-likeness (QED) is 0.141. The summed E-state index contributed by atoms with van der Waals surface area (Å²) in [5, 5.41) is 15.1. The van der Waals surface area contributed by atoms with E-state index in [0.29, 0.717) is 29.2 Å². The number of hydrogen-bond acceptors (Lipinski definition) is 12. The minimum Gasteiger partial charge on any atom is -0.493 e. The molecular weight excluding hydrogens is 504 g/mol. The highest BCUT2D eigenvalue weighted by Crippen LogP contribution is 2.29. The fraction of sp³-hybridized carbons (Fsp3) is 0.346. The molecule has 0 unspecified atom stereocenters. The first-order valence-electron chi connectivity index (χ1n) is 12.7. The monoisotopic (exact) mass is 532 g/mol. The van der Waals surface area contributed by atoms with Gasteiger partial charge in [-0.2, -0.15) is 20.1 Å². The van der Waals surface area contributed by atoms with Crippen LogP contribution in [0.2, 0.25) is 0 Å². The largest absolute Gasteiger partial charge is 0.493 e. The molecule has 0 atom stereocenters. The number of carbonyl (C=O) groups excluding carboxylic acids is 1. The Morgan fingerprint density at radius 1 is 0.949 bits per heavy atom. The molecule has 13 nitrogen and oxygen atoms in total. The number of hydrazone groups is 1. The molecule has 39 heavy (non-hydrogen) atoms. The Hall–Kier alpha value is -4.81. The molecule has 13 heteroatoms. The number of nitrogens with zero attached hydrogens (tertiary/aromatic N) is 7. The average molecular weight is 533 g/mol. The SMILES string of the molecule is COc1cc(/C=N\Nc2nc(N3CCCC3)nc(N3CCCC3)n2)ccc1OC(=O)c1ccc([N+](=O)[O-])cc1. The summed E-state index contributed by atoms with van der Waals surface area (Å²) in [7, 11) is 1.46. The number of nitrogens with one attached hydrogen (secondary N) is 1. The molecule has 2 aliphatic heterocycles. The van der Waals surface area contributed by atoms with Gasteiger partial charge in [0.15, 0.2) is 11.5 Å². The van der Waals surface area contributed by atoms with Crippen molar-refractivity contribution in [3.63, 3.8) is 0 Å². The van der Waals surface area contributed by atoms with Crippen LogP contribution in [0.1, 0.15) is 41.6 Å². The maximum absolute atomic E-state index is 12.5. The first-order valence-corrected chi connectivity index (χ1v) is 12.7. The highest BCUT2D eigenvalue weighted by molar-refractivity contribution is 5.92. The Bertz CT molecular complexity index is 1340. The molecule has 0 radical (unpaired) electrons. The number of hydrogen-bond donors (Lipinski definition) is 1. The van der Waals surface area contributed by atoms with Gasteiger partial charge in [0.2, 0.25) is 17.8 Å². The fourth-order valence-electron chi connectivity index (χ4n) is 4.41. The number of nitro benzene ring substituents is 1. The van der Waals surface area contributed by atoms with Crippen LogP contribution in [-0.4, -0.2) is 65.3 Å². The molecule has 0 amide bonds. The van der Waals surface area contributed by atoms with E-state index in [2.05, 4.69) is 30.3 Å². The average Bonchev–Trinajstić information content (AvgIpc) is 3.69. The summed E-state index contributed by atoms with van der Waals surface area (Å²) in [4.78, 5) is 41.0. The summed E-state index contributed by atoms with van der Waals surface area (Å²) >= 11 is 0. The van der Waals surface area contributed by atoms with Crippen LogP contribution < -0.4 is 24.7 Å². The predicted molar refractivity (Wildman–Crippen MR) is 145 cm³/mol. The van der Waals surface area contributed by atoms with Crippen LogP contribution in [0.3, 0.4) is 0 Å². The lowest BCUT2D eigenvalue weighted by Gasteiger charge is -2.20. The first-order chi connectivity index (χ1) is 19.0. The Balaban J connectivity index is 1.28. The van der Waals surface area contributed by atoms with Gasteiger partial charge in [-0.15, -0.1) is 0 Å². The van der Waals surface area contributed by atoms with Gasteiger partial charge in [0.05, 0.1) is 23.8 Å². The van der Waals surface area contributed by atoms with Crippen molar-refractivity contribution < 1.29 is 19.2 Å². The number of esters is 1. The molecule has 2 aliphatic rings. The van der Waals surface area contributed by atoms with E-state index in [4.69, 9.17) is 14.5 Å². The van der Waals surface area contributed by atoms with Gasteiger partial charge >= 0.3 is 5.97 Å². The first kappa shape index (κ1) is 25.8. The molecule has 0 saturated carbocycles. The van der Waals surface area contributed by atoms with Gasteiger partial charge in [-0.05, 0) is 61.6 Å². The molecule has 202 valence electrons. The molecule has 0 spiro atoms. The Morgan fingerprint density at radius 2 is 1.56 bits per heavy atom. The second-order valence-corrected chi connectivity index (χ2v) is 9.12. The highest BCUT2D eigenvalue weighted by Gasteiger charge is 2.21. The van der Waals surface area contributed by atoms with Crippen LogP contribution in [0.5, 0.6) is 11.5 Å². The van der Waals surface area contributed by atoms with Crippen molar-refractivity contribution in [3.8, 4) is 11.5 Å². The zero-order valence-electron chi connectivity index (χ0n) is 21.4. The maximum Gasteiger partial charge on any atom is 0.343 e. The van der Waals surface area contributed by atoms with Crippen LogP contribution in [0.15, 0.2) is 47.6 Å². The van der Waals surface area contributed by atoms with Crippen LogP contribution in [0.25, 0.3) is 0 Å². The molecule has 0 bridgehead atoms. The number of rotatable bonds is 9. The van der Waals surface area contributed by atoms with Crippen LogP contribution in [-0.2, 0) is 0 Å². The second kappa shape index (κ2) is 11.7. The molecular formula is C26H28N8O5. The van der Waals surface area contributed by atoms with Crippen molar-refractivity contribution in [1.82, 2.24) is 15.0 Å². The standard InChI is InChI=1S/C26H28N8O5/c1-38-22-16-18(6-11-21(22)39-23(35)19-7-9-20(10-8-19)34(36)37)17-27-31-24-28-25(32-12-2-3-13-32)30-26(29-24)33-14-4-5-15-33/h6-11,16-17H,2-5,12-15H2,1H3,(H,28,29,30,31)/b27-17-. The third-order valence-corrected chi connectivity index (χ3v) is 6.47. The summed E-state index contributed by atoms with van der Waals surface area (Å²) in [5.41, 5.74) is 3.67. The summed E-state index contributed by atoms with van der Waals surface area (Å²) in [5.74, 6) is 1.54. The highest BCUT2D eigenvalue weighted by atomic mass is 16.6. The second-order valence-electron chi connectivity index (χ2n) is 9.12. The number of carbonyl (C=O) groups is 1. The molecule has 1 N–H and O–H groups in total. The van der Waals surface area contributed by atoms with Crippen LogP contribution in [0, 0.1) is 10.1 Å². The van der Waals surface area contributed by atoms with Crippen LogP contribution >= 0.6 is 0 Å². The maximum atomic E-state index is 12.5. The van der Waals surface area contributed by atoms with Crippen molar-refractivity contribution in [2.24, 2.45) is 5.10 Å². The molecule has 2 saturated heterocycles. The summed E-state index contributed by atoms with van der Waals surface area (Å²) in [6.45, 7) is 3.69. The zero-order chi connectivity index (χ0) is 27.2. The smallest absolute Gasteiger partial charge is 0.343 e. The number of nitro groups is 1. The summed E-state index contributed by atoms with van der Waals surface area (Å²) in [6.07, 6.45) is 6.05. The van der Waals surface area contributed by atoms with Gasteiger partial charge < -0.3 is 19.3 Å². The minimum absolute atomic E-state index is 0.113. The van der Waals surface area contributed by atoms with E-state index in [9.17, 15) is 14.9 Å². The third-order valence-electron chi connectivity index (χ3n) is 6.47. The number of anilines is 3. The van der Waals surface area contributed by atoms with Gasteiger partial charge in [-0.3, -0.25) is 10.1 Å². The van der Waals surface area contributed by atoms with Crippen molar-refractivity contribution in [3.05, 3.63) is 63.7 Å². The van der Waals surface area contributed by atoms with E-state index in [-0.39, 0.29) is 17.0 Å². The Morgan fingerprint density at radius 3 is 2.13 bits per heavy atom. The molecule has 5 rings (SSSR count). The number of methoxy groups -OCH3 is 1. The molecule has 0 aliphatic carbocycles. The third kappa shape index (κ3) is 6.20. The Kier molecular flexibility index (Phi) is 7.75. The van der Waals surface area contributed by atoms with Gasteiger partial charge in [0.25, 0.3) is 5.69 Å². The van der Waals surface area contributed by atoms with E-state index in [1.807, 2.05) is 0 Å². The molecule has 3 aromatic rings. The zero-order valence-corrected chi connectivity index (χ0v) is 21.4. The topological polar surface area (TPSA) is 148 Å². The predicted octanol–water partition coefficient (Wildman–Crippen LogP) is 3.65. The van der Waals surface area contributed by atoms with E-state index < -0.39 is 10.9 Å². The Labute approximate surface area is 224 Å². The van der Waals surface area contributed by atoms with Gasteiger partial charge in [-0.25, -0.2) is 10.2 Å². The van der Waals surface area contributed by atoms with E-state index in [0.717, 1.165) is 51.9 Å². The number of non-ortho nitro benzene ring substituents is 1. The fourth-order valence-corrected chi connectivity index (χ4v) is 4.41. The van der Waals surface area contributed by atoms with Gasteiger partial charge in [0.1, 0.15) is 0 Å². The van der Waals surface area contributed by atoms with E-state index in [1.54, 1.807) is 24.4 Å². The lowest BCUT2D eigenvalue weighted by atomic mass is 10.2. The summed E-state index contributed by atoms with van der Waals surface area (Å²) in [6, 6.07) is 10.1. The number of aromatic nitrogens is 3. The minimum atomic E-state index is -0.663. The van der Waals surface area contributed by atoms with Crippen molar-refractivity contribution in [2.45, 2.75) is 25.7 Å². The lowest BCUT2D eigenvalue weighted by molar-refractivity contribution is -0.384. The van der Waals surface area contributed by atoms with Crippen molar-refractivity contribution in [1.29, 1.82) is 0 Å². The number of benzene rings is 2. The lowest BCUT2D eigenvalue weighted by Crippen LogP contribution is -2.25. The normalized spacial score (nSPS) is 15.1. The van der Waals surface area contributed by atoms with Gasteiger partial charge in [0, 0.05) is 38.3 Å². The molecule has 3 heterocycles. The molecule has 1 aromatic heterocycles. The van der Waals surface area contributed by atoms with Crippen LogP contribution in [0.4, 0.5) is 23.5 Å². The van der Waals surface area contributed by atoms with E-state index in [1.165, 1.54) is 31.4 Å².